The highest BCUT2D eigenvalue weighted by Gasteiger charge is 2.22. The van der Waals surface area contributed by atoms with Crippen molar-refractivity contribution < 1.29 is 19.4 Å². The van der Waals surface area contributed by atoms with Crippen LogP contribution in [0.4, 0.5) is 17.1 Å². The minimum atomic E-state index is -1.05. The summed E-state index contributed by atoms with van der Waals surface area (Å²) in [5.74, 6) is -0.136. The Morgan fingerprint density at radius 3 is 2.39 bits per heavy atom. The SMILES string of the molecule is CCOc1ccccc1N1CCN(c2ccc(NC(=O)CC(C)C)c(C(=O)O)c2)CC1. The van der Waals surface area contributed by atoms with Gasteiger partial charge in [0.15, 0.2) is 0 Å². The lowest BCUT2D eigenvalue weighted by atomic mass is 10.1. The molecule has 1 heterocycles. The number of anilines is 3. The summed E-state index contributed by atoms with van der Waals surface area (Å²) < 4.78 is 5.76. The van der Waals surface area contributed by atoms with Crippen molar-refractivity contribution in [3.05, 3.63) is 48.0 Å². The smallest absolute Gasteiger partial charge is 0.337 e. The second-order valence-electron chi connectivity index (χ2n) is 8.06. The summed E-state index contributed by atoms with van der Waals surface area (Å²) in [6, 6.07) is 13.2. The third-order valence-corrected chi connectivity index (χ3v) is 5.25. The van der Waals surface area contributed by atoms with Crippen molar-refractivity contribution in [2.24, 2.45) is 5.92 Å². The number of nitrogens with zero attached hydrogens (tertiary/aromatic N) is 2. The molecular formula is C24H31N3O4. The van der Waals surface area contributed by atoms with E-state index in [-0.39, 0.29) is 17.4 Å². The number of carboxylic acid groups (broad SMARTS) is 1. The van der Waals surface area contributed by atoms with E-state index in [1.807, 2.05) is 45.0 Å². The molecule has 0 bridgehead atoms. The fourth-order valence-corrected chi connectivity index (χ4v) is 3.79. The van der Waals surface area contributed by atoms with Crippen molar-refractivity contribution in [1.82, 2.24) is 0 Å². The van der Waals surface area contributed by atoms with Gasteiger partial charge in [-0.2, -0.15) is 0 Å². The Hall–Kier alpha value is -3.22. The Balaban J connectivity index is 1.71. The molecule has 1 aliphatic heterocycles. The zero-order valence-electron chi connectivity index (χ0n) is 18.4. The molecule has 1 amide bonds. The van der Waals surface area contributed by atoms with Crippen LogP contribution in [0.15, 0.2) is 42.5 Å². The topological polar surface area (TPSA) is 82.1 Å². The van der Waals surface area contributed by atoms with Crippen molar-refractivity contribution in [2.75, 3.05) is 47.9 Å². The largest absolute Gasteiger partial charge is 0.492 e. The Morgan fingerprint density at radius 1 is 1.06 bits per heavy atom. The second kappa shape index (κ2) is 10.2. The molecule has 0 atom stereocenters. The van der Waals surface area contributed by atoms with Gasteiger partial charge in [-0.3, -0.25) is 4.79 Å². The number of hydrogen-bond acceptors (Lipinski definition) is 5. The van der Waals surface area contributed by atoms with Crippen molar-refractivity contribution in [2.45, 2.75) is 27.2 Å². The number of para-hydroxylation sites is 2. The second-order valence-corrected chi connectivity index (χ2v) is 8.06. The zero-order chi connectivity index (χ0) is 22.4. The number of rotatable bonds is 8. The van der Waals surface area contributed by atoms with E-state index in [1.165, 1.54) is 0 Å². The van der Waals surface area contributed by atoms with Crippen LogP contribution in [-0.2, 0) is 4.79 Å². The van der Waals surface area contributed by atoms with Gasteiger partial charge in [-0.25, -0.2) is 4.79 Å². The number of piperazine rings is 1. The maximum atomic E-state index is 12.1. The summed E-state index contributed by atoms with van der Waals surface area (Å²) in [6.07, 6.45) is 0.353. The monoisotopic (exact) mass is 425 g/mol. The van der Waals surface area contributed by atoms with E-state index in [0.717, 1.165) is 43.3 Å². The van der Waals surface area contributed by atoms with E-state index in [0.29, 0.717) is 18.7 Å². The molecule has 7 nitrogen and oxygen atoms in total. The quantitative estimate of drug-likeness (QED) is 0.663. The predicted molar refractivity (Wildman–Crippen MR) is 124 cm³/mol. The molecule has 0 aliphatic carbocycles. The molecule has 7 heteroatoms. The molecule has 0 unspecified atom stereocenters. The van der Waals surface area contributed by atoms with Crippen LogP contribution in [0, 0.1) is 5.92 Å². The van der Waals surface area contributed by atoms with Gasteiger partial charge in [0.05, 0.1) is 23.5 Å². The molecular weight excluding hydrogens is 394 g/mol. The lowest BCUT2D eigenvalue weighted by Crippen LogP contribution is -2.46. The lowest BCUT2D eigenvalue weighted by molar-refractivity contribution is -0.116. The third-order valence-electron chi connectivity index (χ3n) is 5.25. The van der Waals surface area contributed by atoms with Crippen molar-refractivity contribution in [3.8, 4) is 5.75 Å². The first-order chi connectivity index (χ1) is 14.9. The average molecular weight is 426 g/mol. The highest BCUT2D eigenvalue weighted by molar-refractivity contribution is 6.01. The van der Waals surface area contributed by atoms with Crippen LogP contribution in [-0.4, -0.2) is 49.8 Å². The van der Waals surface area contributed by atoms with Crippen molar-refractivity contribution in [3.63, 3.8) is 0 Å². The van der Waals surface area contributed by atoms with Gasteiger partial charge in [0.2, 0.25) is 5.91 Å². The maximum Gasteiger partial charge on any atom is 0.337 e. The molecule has 2 aromatic carbocycles. The molecule has 166 valence electrons. The van der Waals surface area contributed by atoms with Gasteiger partial charge in [-0.1, -0.05) is 26.0 Å². The van der Waals surface area contributed by atoms with Crippen LogP contribution in [0.5, 0.6) is 5.75 Å². The number of carboxylic acids is 1. The molecule has 1 aliphatic rings. The molecule has 0 spiro atoms. The predicted octanol–water partition coefficient (Wildman–Crippen LogP) is 4.09. The van der Waals surface area contributed by atoms with Gasteiger partial charge in [0.25, 0.3) is 0 Å². The number of nitrogens with one attached hydrogen (secondary N) is 1. The molecule has 1 fully saturated rings. The van der Waals surface area contributed by atoms with Crippen molar-refractivity contribution >= 4 is 28.9 Å². The van der Waals surface area contributed by atoms with E-state index < -0.39 is 5.97 Å². The Bertz CT molecular complexity index is 921. The van der Waals surface area contributed by atoms with Gasteiger partial charge in [0.1, 0.15) is 5.75 Å². The van der Waals surface area contributed by atoms with Crippen molar-refractivity contribution in [1.29, 1.82) is 0 Å². The van der Waals surface area contributed by atoms with Gasteiger partial charge in [0, 0.05) is 38.3 Å². The number of aromatic carboxylic acids is 1. The summed E-state index contributed by atoms with van der Waals surface area (Å²) in [7, 11) is 0. The van der Waals surface area contributed by atoms with E-state index in [2.05, 4.69) is 21.2 Å². The van der Waals surface area contributed by atoms with Crippen LogP contribution in [0.2, 0.25) is 0 Å². The Kier molecular flexibility index (Phi) is 7.39. The number of carbonyl (C=O) groups excluding carboxylic acids is 1. The summed E-state index contributed by atoms with van der Waals surface area (Å²) in [5.41, 5.74) is 2.38. The highest BCUT2D eigenvalue weighted by Crippen LogP contribution is 2.30. The number of carbonyl (C=O) groups is 2. The first-order valence-corrected chi connectivity index (χ1v) is 10.8. The summed E-state index contributed by atoms with van der Waals surface area (Å²) >= 11 is 0. The van der Waals surface area contributed by atoms with Crippen LogP contribution in [0.25, 0.3) is 0 Å². The molecule has 1 saturated heterocycles. The maximum absolute atomic E-state index is 12.1. The highest BCUT2D eigenvalue weighted by atomic mass is 16.5. The lowest BCUT2D eigenvalue weighted by Gasteiger charge is -2.38. The van der Waals surface area contributed by atoms with Crippen LogP contribution in [0.1, 0.15) is 37.6 Å². The molecule has 31 heavy (non-hydrogen) atoms. The molecule has 0 radical (unpaired) electrons. The van der Waals surface area contributed by atoms with Crippen LogP contribution in [0.3, 0.4) is 0 Å². The fourth-order valence-electron chi connectivity index (χ4n) is 3.79. The van der Waals surface area contributed by atoms with Gasteiger partial charge in [-0.15, -0.1) is 0 Å². The molecule has 2 aromatic rings. The number of benzene rings is 2. The minimum absolute atomic E-state index is 0.110. The average Bonchev–Trinajstić information content (AvgIpc) is 2.74. The third kappa shape index (κ3) is 5.69. The normalized spacial score (nSPS) is 13.9. The van der Waals surface area contributed by atoms with Gasteiger partial charge in [-0.05, 0) is 43.2 Å². The van der Waals surface area contributed by atoms with E-state index >= 15 is 0 Å². The molecule has 2 N–H and O–H groups in total. The van der Waals surface area contributed by atoms with Gasteiger partial charge < -0.3 is 25.0 Å². The fraction of sp³-hybridized carbons (Fsp3) is 0.417. The van der Waals surface area contributed by atoms with Crippen LogP contribution < -0.4 is 19.9 Å². The number of ether oxygens (including phenoxy) is 1. The number of amides is 1. The standard InChI is InChI=1S/C24H31N3O4/c1-4-31-22-8-6-5-7-21(22)27-13-11-26(12-14-27)18-9-10-20(19(16-18)24(29)30)25-23(28)15-17(2)3/h5-10,16-17H,4,11-15H2,1-3H3,(H,25,28)(H,29,30). The first-order valence-electron chi connectivity index (χ1n) is 10.8. The molecule has 0 saturated carbocycles. The van der Waals surface area contributed by atoms with E-state index in [9.17, 15) is 14.7 Å². The summed E-state index contributed by atoms with van der Waals surface area (Å²) in [5, 5.41) is 12.4. The first kappa shape index (κ1) is 22.5. The minimum Gasteiger partial charge on any atom is -0.492 e. The summed E-state index contributed by atoms with van der Waals surface area (Å²) in [6.45, 7) is 9.63. The number of hydrogen-bond donors (Lipinski definition) is 2. The Morgan fingerprint density at radius 2 is 1.74 bits per heavy atom. The van der Waals surface area contributed by atoms with Crippen LogP contribution >= 0.6 is 0 Å². The zero-order valence-corrected chi connectivity index (χ0v) is 18.4. The summed E-state index contributed by atoms with van der Waals surface area (Å²) in [4.78, 5) is 28.4. The Labute approximate surface area is 183 Å². The molecule has 0 aromatic heterocycles. The van der Waals surface area contributed by atoms with E-state index in [1.54, 1.807) is 12.1 Å². The van der Waals surface area contributed by atoms with E-state index in [4.69, 9.17) is 4.74 Å². The van der Waals surface area contributed by atoms with Gasteiger partial charge >= 0.3 is 5.97 Å². The molecule has 3 rings (SSSR count).